The molecule has 1 amide bonds. The van der Waals surface area contributed by atoms with Gasteiger partial charge < -0.3 is 25.2 Å². The summed E-state index contributed by atoms with van der Waals surface area (Å²) in [5.74, 6) is 1.36. The molecule has 1 aromatic carbocycles. The number of aromatic nitrogens is 2. The van der Waals surface area contributed by atoms with Gasteiger partial charge in [-0.3, -0.25) is 4.79 Å². The van der Waals surface area contributed by atoms with E-state index in [1.54, 1.807) is 11.3 Å². The van der Waals surface area contributed by atoms with Crippen molar-refractivity contribution in [3.63, 3.8) is 0 Å². The van der Waals surface area contributed by atoms with Crippen molar-refractivity contribution in [3.05, 3.63) is 39.8 Å². The van der Waals surface area contributed by atoms with Crippen LogP contribution >= 0.6 is 11.3 Å². The van der Waals surface area contributed by atoms with E-state index in [1.165, 1.54) is 11.1 Å². The van der Waals surface area contributed by atoms with E-state index >= 15 is 0 Å². The molecular formula is C25H33N3O5S. The molecule has 184 valence electrons. The van der Waals surface area contributed by atoms with Crippen molar-refractivity contribution < 1.29 is 24.3 Å². The van der Waals surface area contributed by atoms with E-state index in [1.807, 2.05) is 26.0 Å². The second-order valence-electron chi connectivity index (χ2n) is 8.99. The van der Waals surface area contributed by atoms with Crippen LogP contribution in [0.5, 0.6) is 5.75 Å². The van der Waals surface area contributed by atoms with Gasteiger partial charge in [-0.1, -0.05) is 25.9 Å². The molecule has 0 saturated carbocycles. The fraction of sp³-hybridized carbons (Fsp3) is 0.480. The first-order valence-corrected chi connectivity index (χ1v) is 12.3. The highest BCUT2D eigenvalue weighted by molar-refractivity contribution is 7.13. The van der Waals surface area contributed by atoms with Gasteiger partial charge in [0, 0.05) is 12.0 Å². The number of carbonyl (C=O) groups excluding carboxylic acids is 1. The first-order chi connectivity index (χ1) is 16.1. The minimum Gasteiger partial charge on any atom is -0.490 e. The number of nitrogens with two attached hydrogens (primary N) is 1. The molecule has 4 N–H and O–H groups in total. The monoisotopic (exact) mass is 487 g/mol. The third kappa shape index (κ3) is 6.02. The molecule has 9 heteroatoms. The molecule has 0 bridgehead atoms. The molecule has 0 aliphatic rings. The molecule has 0 aliphatic carbocycles. The van der Waals surface area contributed by atoms with Crippen molar-refractivity contribution >= 4 is 17.2 Å². The number of aryl methyl sites for hydroxylation is 2. The molecule has 0 fully saturated rings. The van der Waals surface area contributed by atoms with Gasteiger partial charge >= 0.3 is 0 Å². The number of hydrogen-bond acceptors (Lipinski definition) is 8. The van der Waals surface area contributed by atoms with Crippen molar-refractivity contribution in [3.8, 4) is 27.9 Å². The Balaban J connectivity index is 1.79. The van der Waals surface area contributed by atoms with Crippen LogP contribution in [0.2, 0.25) is 0 Å². The first kappa shape index (κ1) is 25.9. The molecule has 0 aliphatic heterocycles. The van der Waals surface area contributed by atoms with Gasteiger partial charge in [0.2, 0.25) is 11.7 Å². The number of nitrogens with zero attached hydrogens (tertiary/aromatic N) is 2. The smallest absolute Gasteiger partial charge is 0.268 e. The summed E-state index contributed by atoms with van der Waals surface area (Å²) >= 11 is 1.62. The Labute approximate surface area is 203 Å². The maximum Gasteiger partial charge on any atom is 0.268 e. The lowest BCUT2D eigenvalue weighted by atomic mass is 10.0. The Kier molecular flexibility index (Phi) is 8.46. The number of aliphatic hydroxyl groups is 2. The normalized spacial score (nSPS) is 13.3. The third-order valence-corrected chi connectivity index (χ3v) is 6.74. The van der Waals surface area contributed by atoms with Gasteiger partial charge in [0.1, 0.15) is 18.5 Å². The maximum atomic E-state index is 11.0. The average Bonchev–Trinajstić information content (AvgIpc) is 3.39. The Morgan fingerprint density at radius 3 is 2.62 bits per heavy atom. The summed E-state index contributed by atoms with van der Waals surface area (Å²) in [6.07, 6.45) is -0.910. The minimum absolute atomic E-state index is 0.0692. The molecule has 8 nitrogen and oxygen atoms in total. The number of rotatable bonds is 11. The molecule has 2 atom stereocenters. The van der Waals surface area contributed by atoms with Crippen LogP contribution in [-0.2, 0) is 17.6 Å². The predicted octanol–water partition coefficient (Wildman–Crippen LogP) is 3.82. The first-order valence-electron chi connectivity index (χ1n) is 11.4. The van der Waals surface area contributed by atoms with Crippen LogP contribution in [0.4, 0.5) is 0 Å². The van der Waals surface area contributed by atoms with Gasteiger partial charge in [0.25, 0.3) is 5.89 Å². The van der Waals surface area contributed by atoms with E-state index in [-0.39, 0.29) is 13.0 Å². The summed E-state index contributed by atoms with van der Waals surface area (Å²) in [6.45, 7) is 10.3. The summed E-state index contributed by atoms with van der Waals surface area (Å²) in [7, 11) is 0. The van der Waals surface area contributed by atoms with Gasteiger partial charge in [0.15, 0.2) is 0 Å². The second-order valence-corrected chi connectivity index (χ2v) is 9.87. The van der Waals surface area contributed by atoms with Crippen LogP contribution in [0, 0.1) is 19.8 Å². The Morgan fingerprint density at radius 1 is 1.24 bits per heavy atom. The van der Waals surface area contributed by atoms with Gasteiger partial charge in [-0.05, 0) is 72.4 Å². The highest BCUT2D eigenvalue weighted by Crippen LogP contribution is 2.35. The maximum absolute atomic E-state index is 11.0. The number of benzene rings is 1. The number of thiophene rings is 1. The number of primary amides is 1. The summed E-state index contributed by atoms with van der Waals surface area (Å²) in [4.78, 5) is 16.6. The minimum atomic E-state index is -1.41. The molecule has 2 heterocycles. The van der Waals surface area contributed by atoms with Gasteiger partial charge in [-0.25, -0.2) is 0 Å². The average molecular weight is 488 g/mol. The van der Waals surface area contributed by atoms with E-state index in [2.05, 4.69) is 36.3 Å². The zero-order chi connectivity index (χ0) is 25.0. The van der Waals surface area contributed by atoms with Crippen molar-refractivity contribution in [2.75, 3.05) is 6.61 Å². The van der Waals surface area contributed by atoms with Crippen LogP contribution in [0.3, 0.4) is 0 Å². The lowest BCUT2D eigenvalue weighted by Crippen LogP contribution is -2.33. The topological polar surface area (TPSA) is 132 Å². The molecule has 0 radical (unpaired) electrons. The van der Waals surface area contributed by atoms with E-state index in [4.69, 9.17) is 15.0 Å². The fourth-order valence-electron chi connectivity index (χ4n) is 3.80. The molecule has 3 aromatic rings. The summed E-state index contributed by atoms with van der Waals surface area (Å²) < 4.78 is 11.4. The quantitative estimate of drug-likeness (QED) is 0.375. The standard InChI is InChI=1S/C25H33N3O5S/c1-6-16-9-17(8-14(4)21(16)32-11-19(29)10-20(30)23(26)31)24-27-25(33-28-24)22-15(5)18(12-34-22)7-13(2)3/h8-9,12-13,19-20,29-30H,6-7,10-11H2,1-5H3,(H2,26,31)/t19-,20?/m1/s1. The van der Waals surface area contributed by atoms with E-state index in [9.17, 15) is 15.0 Å². The second kappa shape index (κ2) is 11.1. The Morgan fingerprint density at radius 2 is 1.97 bits per heavy atom. The van der Waals surface area contributed by atoms with E-state index < -0.39 is 18.1 Å². The van der Waals surface area contributed by atoms with E-state index in [0.29, 0.717) is 29.8 Å². The van der Waals surface area contributed by atoms with Crippen molar-refractivity contribution in [2.45, 2.75) is 66.1 Å². The van der Waals surface area contributed by atoms with Gasteiger partial charge in [-0.2, -0.15) is 4.98 Å². The summed E-state index contributed by atoms with van der Waals surface area (Å²) in [5, 5.41) is 26.0. The van der Waals surface area contributed by atoms with Crippen LogP contribution in [0.25, 0.3) is 22.2 Å². The van der Waals surface area contributed by atoms with Crippen molar-refractivity contribution in [2.24, 2.45) is 11.7 Å². The predicted molar refractivity (Wildman–Crippen MR) is 132 cm³/mol. The molecular weight excluding hydrogens is 454 g/mol. The van der Waals surface area contributed by atoms with Crippen LogP contribution in [0.1, 0.15) is 49.4 Å². The summed E-state index contributed by atoms with van der Waals surface area (Å²) in [6, 6.07) is 3.87. The Bertz CT molecular complexity index is 1140. The number of hydrogen-bond donors (Lipinski definition) is 3. The van der Waals surface area contributed by atoms with E-state index in [0.717, 1.165) is 28.0 Å². The van der Waals surface area contributed by atoms with Crippen LogP contribution in [-0.4, -0.2) is 45.1 Å². The molecule has 0 spiro atoms. The summed E-state index contributed by atoms with van der Waals surface area (Å²) in [5.41, 5.74) is 10.1. The molecule has 3 rings (SSSR count). The number of aliphatic hydroxyl groups excluding tert-OH is 2. The molecule has 0 saturated heterocycles. The zero-order valence-corrected chi connectivity index (χ0v) is 21.1. The lowest BCUT2D eigenvalue weighted by Gasteiger charge is -2.18. The zero-order valence-electron chi connectivity index (χ0n) is 20.3. The molecule has 34 heavy (non-hydrogen) atoms. The molecule has 1 unspecified atom stereocenters. The number of carbonyl (C=O) groups is 1. The largest absolute Gasteiger partial charge is 0.490 e. The molecule has 2 aromatic heterocycles. The van der Waals surface area contributed by atoms with Crippen LogP contribution in [0.15, 0.2) is 22.0 Å². The van der Waals surface area contributed by atoms with Gasteiger partial charge in [0.05, 0.1) is 11.0 Å². The Hall–Kier alpha value is -2.75. The third-order valence-electron chi connectivity index (χ3n) is 5.62. The lowest BCUT2D eigenvalue weighted by molar-refractivity contribution is -0.127. The van der Waals surface area contributed by atoms with Crippen molar-refractivity contribution in [1.82, 2.24) is 10.1 Å². The number of amides is 1. The number of ether oxygens (including phenoxy) is 1. The highest BCUT2D eigenvalue weighted by Gasteiger charge is 2.20. The highest BCUT2D eigenvalue weighted by atomic mass is 32.1. The van der Waals surface area contributed by atoms with Crippen LogP contribution < -0.4 is 10.5 Å². The van der Waals surface area contributed by atoms with Crippen molar-refractivity contribution in [1.29, 1.82) is 0 Å². The fourth-order valence-corrected chi connectivity index (χ4v) is 4.83. The van der Waals surface area contributed by atoms with Gasteiger partial charge in [-0.15, -0.1) is 11.3 Å². The SMILES string of the molecule is CCc1cc(-c2noc(-c3scc(CC(C)C)c3C)n2)cc(C)c1OC[C@H](O)CC(O)C(N)=O.